The van der Waals surface area contributed by atoms with Crippen molar-refractivity contribution in [2.45, 2.75) is 19.8 Å². The molecule has 19 heavy (non-hydrogen) atoms. The van der Waals surface area contributed by atoms with Crippen molar-refractivity contribution in [2.24, 2.45) is 0 Å². The number of methoxy groups -OCH3 is 1. The van der Waals surface area contributed by atoms with Crippen LogP contribution in [0, 0.1) is 11.3 Å². The number of benzene rings is 1. The van der Waals surface area contributed by atoms with Gasteiger partial charge in [-0.3, -0.25) is 4.98 Å². The summed E-state index contributed by atoms with van der Waals surface area (Å²) in [6.07, 6.45) is 3.54. The zero-order chi connectivity index (χ0) is 13.7. The molecule has 0 unspecified atom stereocenters. The molecule has 0 saturated heterocycles. The SMILES string of the molecule is CCCc1nccc(-c2ccccc2OC)c1C#N. The smallest absolute Gasteiger partial charge is 0.126 e. The van der Waals surface area contributed by atoms with E-state index in [-0.39, 0.29) is 0 Å². The Balaban J connectivity index is 2.62. The highest BCUT2D eigenvalue weighted by Crippen LogP contribution is 2.32. The van der Waals surface area contributed by atoms with Crippen LogP contribution in [0.15, 0.2) is 36.5 Å². The molecule has 3 heteroatoms. The molecule has 1 aromatic carbocycles. The molecule has 2 rings (SSSR count). The van der Waals surface area contributed by atoms with Crippen LogP contribution in [0.4, 0.5) is 0 Å². The van der Waals surface area contributed by atoms with Crippen LogP contribution in [0.25, 0.3) is 11.1 Å². The second kappa shape index (κ2) is 6.01. The summed E-state index contributed by atoms with van der Waals surface area (Å²) >= 11 is 0. The van der Waals surface area contributed by atoms with E-state index in [2.05, 4.69) is 18.0 Å². The normalized spacial score (nSPS) is 9.95. The average Bonchev–Trinajstić information content (AvgIpc) is 2.47. The predicted molar refractivity (Wildman–Crippen MR) is 74.9 cm³/mol. The number of ether oxygens (including phenoxy) is 1. The fourth-order valence-corrected chi connectivity index (χ4v) is 2.15. The molecular formula is C16H16N2O. The summed E-state index contributed by atoms with van der Waals surface area (Å²) in [6, 6.07) is 11.9. The Hall–Kier alpha value is -2.34. The van der Waals surface area contributed by atoms with Crippen LogP contribution in [0.3, 0.4) is 0 Å². The molecule has 0 fully saturated rings. The minimum Gasteiger partial charge on any atom is -0.496 e. The number of aromatic nitrogens is 1. The lowest BCUT2D eigenvalue weighted by Gasteiger charge is -2.11. The van der Waals surface area contributed by atoms with E-state index in [0.717, 1.165) is 35.4 Å². The molecule has 3 nitrogen and oxygen atoms in total. The minimum absolute atomic E-state index is 0.647. The first-order valence-electron chi connectivity index (χ1n) is 6.33. The van der Waals surface area contributed by atoms with E-state index in [9.17, 15) is 5.26 Å². The van der Waals surface area contributed by atoms with Crippen LogP contribution in [-0.2, 0) is 6.42 Å². The van der Waals surface area contributed by atoms with Crippen LogP contribution in [-0.4, -0.2) is 12.1 Å². The molecule has 0 aliphatic heterocycles. The average molecular weight is 252 g/mol. The molecule has 0 saturated carbocycles. The van der Waals surface area contributed by atoms with E-state index in [0.29, 0.717) is 5.56 Å². The molecule has 1 heterocycles. The first kappa shape index (κ1) is 13.1. The maximum absolute atomic E-state index is 9.42. The molecule has 0 radical (unpaired) electrons. The molecule has 0 N–H and O–H groups in total. The van der Waals surface area contributed by atoms with Gasteiger partial charge in [0, 0.05) is 17.3 Å². The number of para-hydroxylation sites is 1. The second-order valence-electron chi connectivity index (χ2n) is 4.24. The van der Waals surface area contributed by atoms with Gasteiger partial charge < -0.3 is 4.74 Å². The zero-order valence-electron chi connectivity index (χ0n) is 11.2. The van der Waals surface area contributed by atoms with Crippen LogP contribution in [0.5, 0.6) is 5.75 Å². The van der Waals surface area contributed by atoms with Crippen LogP contribution in [0.2, 0.25) is 0 Å². The summed E-state index contributed by atoms with van der Waals surface area (Å²) in [5.74, 6) is 0.771. The third kappa shape index (κ3) is 2.58. The highest BCUT2D eigenvalue weighted by molar-refractivity contribution is 5.76. The lowest BCUT2D eigenvalue weighted by Crippen LogP contribution is -1.98. The number of hydrogen-bond donors (Lipinski definition) is 0. The van der Waals surface area contributed by atoms with Gasteiger partial charge in [0.2, 0.25) is 0 Å². The summed E-state index contributed by atoms with van der Waals surface area (Å²) < 4.78 is 5.37. The molecule has 0 amide bonds. The van der Waals surface area contributed by atoms with E-state index < -0.39 is 0 Å². The third-order valence-electron chi connectivity index (χ3n) is 3.03. The summed E-state index contributed by atoms with van der Waals surface area (Å²) in [5, 5.41) is 9.42. The van der Waals surface area contributed by atoms with Gasteiger partial charge in [0.25, 0.3) is 0 Å². The second-order valence-corrected chi connectivity index (χ2v) is 4.24. The lowest BCUT2D eigenvalue weighted by atomic mass is 9.97. The van der Waals surface area contributed by atoms with Crippen molar-refractivity contribution in [1.29, 1.82) is 5.26 Å². The van der Waals surface area contributed by atoms with Crippen LogP contribution < -0.4 is 4.74 Å². The summed E-state index contributed by atoms with van der Waals surface area (Å²) in [7, 11) is 1.64. The Bertz CT molecular complexity index is 614. The molecule has 2 aromatic rings. The summed E-state index contributed by atoms with van der Waals surface area (Å²) in [5.41, 5.74) is 3.32. The number of rotatable bonds is 4. The maximum Gasteiger partial charge on any atom is 0.126 e. The monoisotopic (exact) mass is 252 g/mol. The van der Waals surface area contributed by atoms with Gasteiger partial charge in [0.05, 0.1) is 18.4 Å². The largest absolute Gasteiger partial charge is 0.496 e. The van der Waals surface area contributed by atoms with Gasteiger partial charge in [0.1, 0.15) is 11.8 Å². The van der Waals surface area contributed by atoms with E-state index >= 15 is 0 Å². The molecule has 0 bridgehead atoms. The molecular weight excluding hydrogens is 236 g/mol. The molecule has 1 aromatic heterocycles. The Morgan fingerprint density at radius 1 is 1.21 bits per heavy atom. The summed E-state index contributed by atoms with van der Waals surface area (Å²) in [6.45, 7) is 2.08. The van der Waals surface area contributed by atoms with E-state index in [1.54, 1.807) is 13.3 Å². The van der Waals surface area contributed by atoms with Crippen LogP contribution >= 0.6 is 0 Å². The highest BCUT2D eigenvalue weighted by Gasteiger charge is 2.13. The Morgan fingerprint density at radius 3 is 2.68 bits per heavy atom. The first-order valence-corrected chi connectivity index (χ1v) is 6.33. The van der Waals surface area contributed by atoms with Crippen LogP contribution in [0.1, 0.15) is 24.6 Å². The van der Waals surface area contributed by atoms with Crippen molar-refractivity contribution < 1.29 is 4.74 Å². The van der Waals surface area contributed by atoms with Crippen molar-refractivity contribution >= 4 is 0 Å². The lowest BCUT2D eigenvalue weighted by molar-refractivity contribution is 0.416. The van der Waals surface area contributed by atoms with Gasteiger partial charge in [-0.05, 0) is 18.6 Å². The predicted octanol–water partition coefficient (Wildman–Crippen LogP) is 3.58. The fraction of sp³-hybridized carbons (Fsp3) is 0.250. The minimum atomic E-state index is 0.647. The van der Waals surface area contributed by atoms with Gasteiger partial charge in [-0.1, -0.05) is 31.5 Å². The first-order chi connectivity index (χ1) is 9.31. The van der Waals surface area contributed by atoms with Crippen molar-refractivity contribution in [3.63, 3.8) is 0 Å². The van der Waals surface area contributed by atoms with E-state index in [1.165, 1.54) is 0 Å². The van der Waals surface area contributed by atoms with Gasteiger partial charge >= 0.3 is 0 Å². The Morgan fingerprint density at radius 2 is 2.00 bits per heavy atom. The number of aryl methyl sites for hydroxylation is 1. The maximum atomic E-state index is 9.42. The molecule has 0 aliphatic rings. The topological polar surface area (TPSA) is 45.9 Å². The number of pyridine rings is 1. The number of nitrogens with zero attached hydrogens (tertiary/aromatic N) is 2. The highest BCUT2D eigenvalue weighted by atomic mass is 16.5. The van der Waals surface area contributed by atoms with Gasteiger partial charge in [-0.2, -0.15) is 5.26 Å². The quantitative estimate of drug-likeness (QED) is 0.835. The molecule has 0 spiro atoms. The van der Waals surface area contributed by atoms with Gasteiger partial charge in [-0.15, -0.1) is 0 Å². The molecule has 0 atom stereocenters. The Labute approximate surface area is 113 Å². The number of hydrogen-bond acceptors (Lipinski definition) is 3. The Kier molecular flexibility index (Phi) is 4.15. The van der Waals surface area contributed by atoms with Crippen molar-refractivity contribution in [1.82, 2.24) is 4.98 Å². The zero-order valence-corrected chi connectivity index (χ0v) is 11.2. The standard InChI is InChI=1S/C16H16N2O/c1-3-6-15-14(11-17)12(9-10-18-15)13-7-4-5-8-16(13)19-2/h4-5,7-10H,3,6H2,1-2H3. The number of nitriles is 1. The van der Waals surface area contributed by atoms with Gasteiger partial charge in [-0.25, -0.2) is 0 Å². The van der Waals surface area contributed by atoms with Crippen molar-refractivity contribution in [3.8, 4) is 22.9 Å². The molecule has 96 valence electrons. The van der Waals surface area contributed by atoms with Gasteiger partial charge in [0.15, 0.2) is 0 Å². The third-order valence-corrected chi connectivity index (χ3v) is 3.03. The fourth-order valence-electron chi connectivity index (χ4n) is 2.15. The van der Waals surface area contributed by atoms with E-state index in [4.69, 9.17) is 4.74 Å². The van der Waals surface area contributed by atoms with Crippen molar-refractivity contribution in [3.05, 3.63) is 47.8 Å². The molecule has 0 aliphatic carbocycles. The van der Waals surface area contributed by atoms with E-state index in [1.807, 2.05) is 30.3 Å². The van der Waals surface area contributed by atoms with Crippen molar-refractivity contribution in [2.75, 3.05) is 7.11 Å². The summed E-state index contributed by atoms with van der Waals surface area (Å²) in [4.78, 5) is 4.32.